The number of carbonyl (C=O) groups excluding carboxylic acids is 3. The zero-order chi connectivity index (χ0) is 25.2. The third kappa shape index (κ3) is 8.63. The lowest BCUT2D eigenvalue weighted by atomic mass is 10.2. The molecule has 11 heteroatoms. The van der Waals surface area contributed by atoms with Gasteiger partial charge in [-0.05, 0) is 35.9 Å². The van der Waals surface area contributed by atoms with Crippen molar-refractivity contribution < 1.29 is 19.1 Å². The fourth-order valence-corrected chi connectivity index (χ4v) is 3.76. The number of nitrogens with one attached hydrogen (secondary N) is 4. The smallest absolute Gasteiger partial charge is 0.251 e. The topological polar surface area (TPSA) is 142 Å². The largest absolute Gasteiger partial charge is 0.497 e. The second kappa shape index (κ2) is 12.4. The number of rotatable bonds is 10. The molecule has 0 spiro atoms. The van der Waals surface area contributed by atoms with E-state index in [0.717, 1.165) is 17.3 Å². The maximum Gasteiger partial charge on any atom is 0.251 e. The minimum absolute atomic E-state index is 0.0151. The van der Waals surface area contributed by atoms with Crippen molar-refractivity contribution in [3.63, 3.8) is 0 Å². The molecule has 3 aromatic rings. The number of hydrogen-bond donors (Lipinski definition) is 4. The first-order chi connectivity index (χ1) is 16.8. The molecule has 0 radical (unpaired) electrons. The van der Waals surface area contributed by atoms with Crippen LogP contribution in [0.1, 0.15) is 18.2 Å². The third-order valence-electron chi connectivity index (χ3n) is 4.55. The number of benzene rings is 2. The summed E-state index contributed by atoms with van der Waals surface area (Å²) in [7, 11) is 1.57. The van der Waals surface area contributed by atoms with Gasteiger partial charge < -0.3 is 25.7 Å². The number of hydrogen-bond acceptors (Lipinski definition) is 7. The molecule has 0 saturated carbocycles. The molecule has 3 rings (SSSR count). The van der Waals surface area contributed by atoms with Crippen molar-refractivity contribution in [3.8, 4) is 5.75 Å². The molecule has 1 heterocycles. The van der Waals surface area contributed by atoms with Gasteiger partial charge in [-0.1, -0.05) is 30.0 Å². The Bertz CT molecular complexity index is 1280. The molecule has 2 aromatic carbocycles. The predicted molar refractivity (Wildman–Crippen MR) is 134 cm³/mol. The molecule has 0 unspecified atom stereocenters. The van der Waals surface area contributed by atoms with Crippen molar-refractivity contribution in [2.45, 2.75) is 25.0 Å². The Morgan fingerprint density at radius 3 is 2.49 bits per heavy atom. The Balaban J connectivity index is 1.53. The van der Waals surface area contributed by atoms with E-state index in [2.05, 4.69) is 25.9 Å². The number of methoxy groups -OCH3 is 1. The van der Waals surface area contributed by atoms with Crippen LogP contribution >= 0.6 is 11.8 Å². The fraction of sp³-hybridized carbons (Fsp3) is 0.208. The van der Waals surface area contributed by atoms with Crippen LogP contribution in [0.3, 0.4) is 0 Å². The van der Waals surface area contributed by atoms with Gasteiger partial charge in [0.15, 0.2) is 5.16 Å². The van der Waals surface area contributed by atoms with Gasteiger partial charge in [0.25, 0.3) is 5.56 Å². The standard InChI is InChI=1S/C24H25N5O5S/c1-15(30)26-17-6-4-7-18(10-17)27-23(33)14-35-24-28-19(12-22(32)29-24)11-21(31)25-13-16-5-3-8-20(9-16)34-2/h3-10,12H,11,13-14H2,1-2H3,(H,25,31)(H,26,30)(H,27,33)(H,28,29,32). The van der Waals surface area contributed by atoms with Crippen molar-refractivity contribution in [3.05, 3.63) is 76.2 Å². The number of ether oxygens (including phenoxy) is 1. The van der Waals surface area contributed by atoms with Crippen LogP contribution in [-0.4, -0.2) is 40.6 Å². The van der Waals surface area contributed by atoms with Gasteiger partial charge in [-0.3, -0.25) is 19.2 Å². The molecule has 0 aliphatic heterocycles. The van der Waals surface area contributed by atoms with E-state index in [4.69, 9.17) is 4.74 Å². The van der Waals surface area contributed by atoms with Crippen LogP contribution in [0.25, 0.3) is 0 Å². The zero-order valence-corrected chi connectivity index (χ0v) is 20.0. The fourth-order valence-electron chi connectivity index (χ4n) is 3.06. The lowest BCUT2D eigenvalue weighted by Gasteiger charge is -2.08. The molecule has 0 aliphatic rings. The summed E-state index contributed by atoms with van der Waals surface area (Å²) in [5.41, 5.74) is 1.84. The number of nitrogens with zero attached hydrogens (tertiary/aromatic N) is 1. The predicted octanol–water partition coefficient (Wildman–Crippen LogP) is 2.33. The highest BCUT2D eigenvalue weighted by molar-refractivity contribution is 7.99. The van der Waals surface area contributed by atoms with E-state index in [-0.39, 0.29) is 35.1 Å². The molecule has 35 heavy (non-hydrogen) atoms. The van der Waals surface area contributed by atoms with Gasteiger partial charge in [0.1, 0.15) is 5.75 Å². The van der Waals surface area contributed by atoms with E-state index in [9.17, 15) is 19.2 Å². The summed E-state index contributed by atoms with van der Waals surface area (Å²) < 4.78 is 5.17. The van der Waals surface area contributed by atoms with Gasteiger partial charge in [-0.15, -0.1) is 0 Å². The van der Waals surface area contributed by atoms with Gasteiger partial charge in [-0.2, -0.15) is 0 Å². The second-order valence-electron chi connectivity index (χ2n) is 7.45. The maximum absolute atomic E-state index is 12.3. The van der Waals surface area contributed by atoms with E-state index < -0.39 is 5.56 Å². The van der Waals surface area contributed by atoms with Gasteiger partial charge in [0, 0.05) is 30.9 Å². The van der Waals surface area contributed by atoms with Gasteiger partial charge in [0.2, 0.25) is 17.7 Å². The van der Waals surface area contributed by atoms with Crippen molar-refractivity contribution >= 4 is 40.9 Å². The molecule has 3 amide bonds. The molecule has 0 fully saturated rings. The quantitative estimate of drug-likeness (QED) is 0.250. The summed E-state index contributed by atoms with van der Waals surface area (Å²) in [4.78, 5) is 54.7. The summed E-state index contributed by atoms with van der Waals surface area (Å²) >= 11 is 1.04. The molecular weight excluding hydrogens is 470 g/mol. The molecule has 182 valence electrons. The number of amides is 3. The molecule has 1 aromatic heterocycles. The summed E-state index contributed by atoms with van der Waals surface area (Å²) in [6, 6.07) is 15.3. The van der Waals surface area contributed by atoms with Gasteiger partial charge in [0.05, 0.1) is 25.0 Å². The number of H-pyrrole nitrogens is 1. The maximum atomic E-state index is 12.3. The molecular formula is C24H25N5O5S. The Kier molecular flexibility index (Phi) is 9.02. The van der Waals surface area contributed by atoms with Crippen LogP contribution in [0.5, 0.6) is 5.75 Å². The first-order valence-electron chi connectivity index (χ1n) is 10.6. The van der Waals surface area contributed by atoms with E-state index in [1.54, 1.807) is 31.4 Å². The Hall–Kier alpha value is -4.12. The summed E-state index contributed by atoms with van der Waals surface area (Å²) in [6.45, 7) is 1.71. The van der Waals surface area contributed by atoms with Gasteiger partial charge in [-0.25, -0.2) is 4.98 Å². The first-order valence-corrected chi connectivity index (χ1v) is 11.6. The Morgan fingerprint density at radius 1 is 1.00 bits per heavy atom. The molecule has 4 N–H and O–H groups in total. The molecule has 0 bridgehead atoms. The molecule has 0 saturated heterocycles. The summed E-state index contributed by atoms with van der Waals surface area (Å²) in [6.07, 6.45) is -0.0798. The van der Waals surface area contributed by atoms with Crippen molar-refractivity contribution in [1.29, 1.82) is 0 Å². The monoisotopic (exact) mass is 495 g/mol. The lowest BCUT2D eigenvalue weighted by molar-refractivity contribution is -0.120. The number of anilines is 2. The van der Waals surface area contributed by atoms with E-state index in [0.29, 0.717) is 29.4 Å². The number of aromatic nitrogens is 2. The first kappa shape index (κ1) is 25.5. The van der Waals surface area contributed by atoms with Crippen LogP contribution in [0, 0.1) is 0 Å². The Morgan fingerprint density at radius 2 is 1.74 bits per heavy atom. The molecule has 10 nitrogen and oxygen atoms in total. The van der Waals surface area contributed by atoms with Crippen LogP contribution in [0.2, 0.25) is 0 Å². The number of thioether (sulfide) groups is 1. The number of aromatic amines is 1. The summed E-state index contributed by atoms with van der Waals surface area (Å²) in [5.74, 6) is -0.150. The second-order valence-corrected chi connectivity index (χ2v) is 8.41. The minimum atomic E-state index is -0.415. The average Bonchev–Trinajstić information content (AvgIpc) is 2.81. The highest BCUT2D eigenvalue weighted by atomic mass is 32.2. The SMILES string of the molecule is COc1cccc(CNC(=O)Cc2cc(=O)[nH]c(SCC(=O)Nc3cccc(NC(C)=O)c3)n2)c1. The Labute approximate surface area is 205 Å². The number of carbonyl (C=O) groups is 3. The van der Waals surface area contributed by atoms with Crippen LogP contribution in [-0.2, 0) is 27.3 Å². The molecule has 0 aliphatic carbocycles. The van der Waals surface area contributed by atoms with Crippen LogP contribution in [0.15, 0.2) is 64.5 Å². The summed E-state index contributed by atoms with van der Waals surface area (Å²) in [5, 5.41) is 8.39. The third-order valence-corrected chi connectivity index (χ3v) is 5.42. The van der Waals surface area contributed by atoms with Crippen molar-refractivity contribution in [2.75, 3.05) is 23.5 Å². The van der Waals surface area contributed by atoms with Crippen LogP contribution in [0.4, 0.5) is 11.4 Å². The van der Waals surface area contributed by atoms with Crippen LogP contribution < -0.4 is 26.2 Å². The highest BCUT2D eigenvalue weighted by Crippen LogP contribution is 2.17. The average molecular weight is 496 g/mol. The van der Waals surface area contributed by atoms with E-state index in [1.165, 1.54) is 13.0 Å². The van der Waals surface area contributed by atoms with E-state index >= 15 is 0 Å². The van der Waals surface area contributed by atoms with Gasteiger partial charge >= 0.3 is 0 Å². The zero-order valence-electron chi connectivity index (χ0n) is 19.2. The molecule has 0 atom stereocenters. The normalized spacial score (nSPS) is 10.3. The van der Waals surface area contributed by atoms with Crippen molar-refractivity contribution in [1.82, 2.24) is 15.3 Å². The van der Waals surface area contributed by atoms with Crippen molar-refractivity contribution in [2.24, 2.45) is 0 Å². The van der Waals surface area contributed by atoms with E-state index in [1.807, 2.05) is 24.3 Å². The minimum Gasteiger partial charge on any atom is -0.497 e. The highest BCUT2D eigenvalue weighted by Gasteiger charge is 2.10. The lowest BCUT2D eigenvalue weighted by Crippen LogP contribution is -2.26.